The number of hydrogen-bond donors (Lipinski definition) is 3. The van der Waals surface area contributed by atoms with Crippen LogP contribution in [-0.2, 0) is 11.2 Å². The topological polar surface area (TPSA) is 88.0 Å². The van der Waals surface area contributed by atoms with Crippen molar-refractivity contribution in [3.63, 3.8) is 0 Å². The zero-order valence-electron chi connectivity index (χ0n) is 12.1. The summed E-state index contributed by atoms with van der Waals surface area (Å²) >= 11 is 6.00. The summed E-state index contributed by atoms with van der Waals surface area (Å²) < 4.78 is 0. The number of carbonyl (C=O) groups is 2. The van der Waals surface area contributed by atoms with E-state index in [4.69, 9.17) is 17.3 Å². The number of nitrogens with one attached hydrogen (secondary N) is 2. The monoisotopic (exact) mass is 327 g/mol. The average molecular weight is 328 g/mol. The van der Waals surface area contributed by atoms with Crippen LogP contribution in [0.25, 0.3) is 10.9 Å². The van der Waals surface area contributed by atoms with Crippen LogP contribution in [0.2, 0.25) is 5.02 Å². The van der Waals surface area contributed by atoms with Gasteiger partial charge in [0.2, 0.25) is 5.91 Å². The van der Waals surface area contributed by atoms with Crippen molar-refractivity contribution in [3.8, 4) is 0 Å². The van der Waals surface area contributed by atoms with E-state index < -0.39 is 5.91 Å². The van der Waals surface area contributed by atoms with E-state index in [1.807, 2.05) is 12.1 Å². The molecule has 0 radical (unpaired) electrons. The number of amides is 2. The van der Waals surface area contributed by atoms with Gasteiger partial charge in [0.05, 0.1) is 17.7 Å². The zero-order chi connectivity index (χ0) is 16.4. The second-order valence-corrected chi connectivity index (χ2v) is 5.58. The fourth-order valence-electron chi connectivity index (χ4n) is 2.47. The highest BCUT2D eigenvalue weighted by Gasteiger charge is 2.13. The fraction of sp³-hybridized carbons (Fsp3) is 0.0588. The van der Waals surface area contributed by atoms with Gasteiger partial charge in [-0.1, -0.05) is 23.7 Å². The fourth-order valence-corrected chi connectivity index (χ4v) is 2.64. The van der Waals surface area contributed by atoms with Gasteiger partial charge < -0.3 is 16.0 Å². The van der Waals surface area contributed by atoms with Crippen LogP contribution < -0.4 is 11.1 Å². The summed E-state index contributed by atoms with van der Waals surface area (Å²) in [6.45, 7) is 0. The van der Waals surface area contributed by atoms with Gasteiger partial charge in [-0.2, -0.15) is 0 Å². The predicted molar refractivity (Wildman–Crippen MR) is 90.6 cm³/mol. The SMILES string of the molecule is NC(=O)c1ccccc1NC(=O)Cc1c[nH]c2ccc(Cl)cc12. The average Bonchev–Trinajstić information content (AvgIpc) is 2.90. The maximum atomic E-state index is 12.3. The summed E-state index contributed by atoms with van der Waals surface area (Å²) in [6, 6.07) is 12.1. The van der Waals surface area contributed by atoms with Gasteiger partial charge in [0, 0.05) is 22.1 Å². The largest absolute Gasteiger partial charge is 0.366 e. The van der Waals surface area contributed by atoms with Crippen molar-refractivity contribution >= 4 is 40.0 Å². The number of aromatic amines is 1. The minimum atomic E-state index is -0.584. The number of aromatic nitrogens is 1. The molecule has 1 aromatic heterocycles. The number of benzene rings is 2. The van der Waals surface area contributed by atoms with Gasteiger partial charge in [-0.3, -0.25) is 9.59 Å². The highest BCUT2D eigenvalue weighted by molar-refractivity contribution is 6.31. The van der Waals surface area contributed by atoms with Crippen LogP contribution in [0.5, 0.6) is 0 Å². The summed E-state index contributed by atoms with van der Waals surface area (Å²) in [4.78, 5) is 26.8. The molecule has 6 heteroatoms. The van der Waals surface area contributed by atoms with E-state index in [0.717, 1.165) is 16.5 Å². The number of carbonyl (C=O) groups excluding carboxylic acids is 2. The molecule has 0 fully saturated rings. The molecule has 0 aliphatic heterocycles. The van der Waals surface area contributed by atoms with Gasteiger partial charge in [0.1, 0.15) is 0 Å². The van der Waals surface area contributed by atoms with Crippen molar-refractivity contribution in [2.45, 2.75) is 6.42 Å². The summed E-state index contributed by atoms with van der Waals surface area (Å²) in [7, 11) is 0. The van der Waals surface area contributed by atoms with Crippen LogP contribution in [0.3, 0.4) is 0 Å². The minimum Gasteiger partial charge on any atom is -0.366 e. The normalized spacial score (nSPS) is 10.7. The third-order valence-corrected chi connectivity index (χ3v) is 3.78. The zero-order valence-corrected chi connectivity index (χ0v) is 12.9. The number of halogens is 1. The Morgan fingerprint density at radius 2 is 1.96 bits per heavy atom. The first kappa shape index (κ1) is 15.1. The molecule has 4 N–H and O–H groups in total. The molecule has 0 spiro atoms. The predicted octanol–water partition coefficient (Wildman–Crippen LogP) is 3.10. The van der Waals surface area contributed by atoms with Crippen LogP contribution in [-0.4, -0.2) is 16.8 Å². The number of para-hydroxylation sites is 1. The molecule has 0 unspecified atom stereocenters. The summed E-state index contributed by atoms with van der Waals surface area (Å²) in [5.74, 6) is -0.820. The molecule has 2 aromatic carbocycles. The van der Waals surface area contributed by atoms with Crippen LogP contribution in [0.4, 0.5) is 5.69 Å². The number of primary amides is 1. The standard InChI is InChI=1S/C17H14ClN3O2/c18-11-5-6-14-13(8-11)10(9-20-14)7-16(22)21-15-4-2-1-3-12(15)17(19)23/h1-6,8-9,20H,7H2,(H2,19,23)(H,21,22). The first-order chi connectivity index (χ1) is 11.0. The van der Waals surface area contributed by atoms with Gasteiger partial charge in [0.15, 0.2) is 0 Å². The molecule has 5 nitrogen and oxygen atoms in total. The third kappa shape index (κ3) is 3.19. The Bertz CT molecular complexity index is 902. The Morgan fingerprint density at radius 3 is 2.74 bits per heavy atom. The Hall–Kier alpha value is -2.79. The molecular weight excluding hydrogens is 314 g/mol. The maximum Gasteiger partial charge on any atom is 0.250 e. The van der Waals surface area contributed by atoms with E-state index in [1.54, 1.807) is 36.5 Å². The lowest BCUT2D eigenvalue weighted by Crippen LogP contribution is -2.19. The van der Waals surface area contributed by atoms with Crippen LogP contribution in [0, 0.1) is 0 Å². The molecule has 23 heavy (non-hydrogen) atoms. The summed E-state index contributed by atoms with van der Waals surface area (Å²) in [5.41, 5.74) is 7.74. The Labute approximate surface area is 137 Å². The lowest BCUT2D eigenvalue weighted by atomic mass is 10.1. The smallest absolute Gasteiger partial charge is 0.250 e. The molecule has 1 heterocycles. The lowest BCUT2D eigenvalue weighted by molar-refractivity contribution is -0.115. The Balaban J connectivity index is 1.82. The minimum absolute atomic E-state index is 0.160. The molecule has 3 rings (SSSR count). The van der Waals surface area contributed by atoms with Gasteiger partial charge in [-0.05, 0) is 35.9 Å². The molecule has 0 atom stereocenters. The summed E-state index contributed by atoms with van der Waals surface area (Å²) in [5, 5.41) is 4.23. The molecule has 0 saturated heterocycles. The first-order valence-electron chi connectivity index (χ1n) is 6.99. The molecule has 0 aliphatic rings. The van der Waals surface area contributed by atoms with E-state index in [9.17, 15) is 9.59 Å². The summed E-state index contributed by atoms with van der Waals surface area (Å²) in [6.07, 6.45) is 1.94. The lowest BCUT2D eigenvalue weighted by Gasteiger charge is -2.08. The van der Waals surface area contributed by atoms with E-state index >= 15 is 0 Å². The number of hydrogen-bond acceptors (Lipinski definition) is 2. The Morgan fingerprint density at radius 1 is 1.17 bits per heavy atom. The number of nitrogens with two attached hydrogens (primary N) is 1. The molecule has 0 saturated carbocycles. The van der Waals surface area contributed by atoms with Gasteiger partial charge in [0.25, 0.3) is 5.91 Å². The number of rotatable bonds is 4. The maximum absolute atomic E-state index is 12.3. The van der Waals surface area contributed by atoms with Crippen molar-refractivity contribution in [3.05, 3.63) is 64.8 Å². The van der Waals surface area contributed by atoms with Crippen molar-refractivity contribution in [1.29, 1.82) is 0 Å². The second kappa shape index (κ2) is 6.14. The molecule has 116 valence electrons. The van der Waals surface area contributed by atoms with E-state index in [0.29, 0.717) is 10.7 Å². The van der Waals surface area contributed by atoms with Crippen molar-refractivity contribution < 1.29 is 9.59 Å². The first-order valence-corrected chi connectivity index (χ1v) is 7.36. The highest BCUT2D eigenvalue weighted by atomic mass is 35.5. The van der Waals surface area contributed by atoms with Crippen molar-refractivity contribution in [2.24, 2.45) is 5.73 Å². The van der Waals surface area contributed by atoms with Crippen molar-refractivity contribution in [1.82, 2.24) is 4.98 Å². The molecule has 0 aliphatic carbocycles. The molecular formula is C17H14ClN3O2. The van der Waals surface area contributed by atoms with Gasteiger partial charge in [-0.25, -0.2) is 0 Å². The number of fused-ring (bicyclic) bond motifs is 1. The second-order valence-electron chi connectivity index (χ2n) is 5.14. The number of anilines is 1. The molecule has 2 amide bonds. The van der Waals surface area contributed by atoms with Gasteiger partial charge >= 0.3 is 0 Å². The van der Waals surface area contributed by atoms with Gasteiger partial charge in [-0.15, -0.1) is 0 Å². The van der Waals surface area contributed by atoms with Crippen LogP contribution in [0.15, 0.2) is 48.7 Å². The van der Waals surface area contributed by atoms with E-state index in [2.05, 4.69) is 10.3 Å². The molecule has 3 aromatic rings. The number of H-pyrrole nitrogens is 1. The highest BCUT2D eigenvalue weighted by Crippen LogP contribution is 2.23. The van der Waals surface area contributed by atoms with Crippen LogP contribution >= 0.6 is 11.6 Å². The van der Waals surface area contributed by atoms with Crippen LogP contribution in [0.1, 0.15) is 15.9 Å². The third-order valence-electron chi connectivity index (χ3n) is 3.55. The van der Waals surface area contributed by atoms with E-state index in [1.165, 1.54) is 0 Å². The van der Waals surface area contributed by atoms with E-state index in [-0.39, 0.29) is 17.9 Å². The molecule has 0 bridgehead atoms. The Kier molecular flexibility index (Phi) is 4.04. The van der Waals surface area contributed by atoms with Crippen molar-refractivity contribution in [2.75, 3.05) is 5.32 Å². The quantitative estimate of drug-likeness (QED) is 0.687.